The van der Waals surface area contributed by atoms with E-state index in [1.165, 1.54) is 50.5 Å². The van der Waals surface area contributed by atoms with Gasteiger partial charge in [-0.25, -0.2) is 36.0 Å². The Morgan fingerprint density at radius 2 is 1.10 bits per heavy atom. The second-order valence-corrected chi connectivity index (χ2v) is 17.0. The minimum Gasteiger partial charge on any atom is -0.477 e. The highest BCUT2D eigenvalue weighted by Gasteiger charge is 2.26. The molecule has 0 aliphatic rings. The van der Waals surface area contributed by atoms with Crippen LogP contribution in [0, 0.1) is 13.8 Å². The summed E-state index contributed by atoms with van der Waals surface area (Å²) in [6.45, 7) is 3.60. The molecular formula is C33H28N2O12S4. The van der Waals surface area contributed by atoms with Crippen molar-refractivity contribution in [3.05, 3.63) is 116 Å². The van der Waals surface area contributed by atoms with E-state index in [1.807, 2.05) is 13.0 Å². The van der Waals surface area contributed by atoms with E-state index in [2.05, 4.69) is 4.74 Å². The molecule has 1 N–H and O–H groups in total. The molecule has 6 aromatic rings. The molecule has 0 radical (unpaired) electrons. The van der Waals surface area contributed by atoms with Crippen molar-refractivity contribution in [2.75, 3.05) is 29.8 Å². The molecule has 0 unspecified atom stereocenters. The molecule has 2 aromatic carbocycles. The smallest absolute Gasteiger partial charge is 0.351 e. The van der Waals surface area contributed by atoms with E-state index >= 15 is 0 Å². The Kier molecular flexibility index (Phi) is 10.2. The first kappa shape index (κ1) is 37.0. The summed E-state index contributed by atoms with van der Waals surface area (Å²) in [5.74, 6) is -2.21. The lowest BCUT2D eigenvalue weighted by Crippen LogP contribution is -2.25. The molecule has 0 aliphatic carbocycles. The number of thiophene rings is 2. The minimum atomic E-state index is -3.79. The van der Waals surface area contributed by atoms with Gasteiger partial charge in [0.1, 0.15) is 21.1 Å². The largest absolute Gasteiger partial charge is 0.477 e. The number of fused-ring (bicyclic) bond motifs is 2. The van der Waals surface area contributed by atoms with Crippen LogP contribution in [0.1, 0.15) is 31.8 Å². The average molecular weight is 773 g/mol. The number of aromatic carboxylic acids is 1. The number of benzene rings is 2. The standard InChI is InChI=1S/C17H15NO6S2.C16H13NO6S2/c1-10-5-4-6-11(7-10)26(21,22)18(2)15-9-13-14(25-15)8-12(16(19)23-3)17(20)24-13;1-9-4-3-5-10(6-9)25(21,22)17(2)14-8-12-13(24-14)7-11(15(18)19)16(20)23-12/h4-9H,1-3H3;3-8H,1-2H3,(H,18,19). The van der Waals surface area contributed by atoms with Crippen LogP contribution in [0.25, 0.3) is 20.6 Å². The number of hydrogen-bond donors (Lipinski definition) is 1. The number of carbonyl (C=O) groups excluding carboxylic acids is 1. The molecule has 0 saturated carbocycles. The van der Waals surface area contributed by atoms with Gasteiger partial charge in [-0.3, -0.25) is 8.61 Å². The zero-order valence-electron chi connectivity index (χ0n) is 27.4. The minimum absolute atomic E-state index is 0.139. The summed E-state index contributed by atoms with van der Waals surface area (Å²) >= 11 is 2.11. The van der Waals surface area contributed by atoms with Crippen LogP contribution in [0.3, 0.4) is 0 Å². The zero-order valence-corrected chi connectivity index (χ0v) is 30.7. The number of carboxylic acids is 1. The number of carbonyl (C=O) groups is 2. The zero-order chi connectivity index (χ0) is 37.4. The van der Waals surface area contributed by atoms with Crippen molar-refractivity contribution in [1.82, 2.24) is 0 Å². The number of aryl methyl sites for hydroxylation is 2. The van der Waals surface area contributed by atoms with Gasteiger partial charge in [-0.15, -0.1) is 22.7 Å². The Balaban J connectivity index is 0.000000198. The van der Waals surface area contributed by atoms with Crippen LogP contribution in [0.15, 0.2) is 101 Å². The normalized spacial score (nSPS) is 11.5. The number of rotatable bonds is 8. The van der Waals surface area contributed by atoms with Crippen molar-refractivity contribution in [1.29, 1.82) is 0 Å². The van der Waals surface area contributed by atoms with Crippen molar-refractivity contribution in [3.8, 4) is 0 Å². The van der Waals surface area contributed by atoms with Crippen molar-refractivity contribution >= 4 is 85.2 Å². The molecule has 0 fully saturated rings. The summed E-state index contributed by atoms with van der Waals surface area (Å²) in [7, 11) is -3.60. The van der Waals surface area contributed by atoms with E-state index < -0.39 is 48.8 Å². The molecule has 4 heterocycles. The lowest BCUT2D eigenvalue weighted by atomic mass is 10.2. The number of hydrogen-bond acceptors (Lipinski definition) is 13. The number of sulfonamides is 2. The lowest BCUT2D eigenvalue weighted by molar-refractivity contribution is 0.0595. The van der Waals surface area contributed by atoms with E-state index in [1.54, 1.807) is 37.3 Å². The van der Waals surface area contributed by atoms with Crippen LogP contribution in [-0.4, -0.2) is 55.1 Å². The second kappa shape index (κ2) is 14.1. The third kappa shape index (κ3) is 7.43. The predicted molar refractivity (Wildman–Crippen MR) is 193 cm³/mol. The first-order valence-corrected chi connectivity index (χ1v) is 19.0. The molecule has 266 valence electrons. The number of methoxy groups -OCH3 is 1. The number of anilines is 2. The van der Waals surface area contributed by atoms with Crippen molar-refractivity contribution in [2.45, 2.75) is 23.6 Å². The summed E-state index contributed by atoms with van der Waals surface area (Å²) < 4.78 is 68.8. The Labute approximate surface area is 298 Å². The highest BCUT2D eigenvalue weighted by molar-refractivity contribution is 7.93. The van der Waals surface area contributed by atoms with Gasteiger partial charge in [0.25, 0.3) is 20.0 Å². The topological polar surface area (TPSA) is 199 Å². The summed E-state index contributed by atoms with van der Waals surface area (Å²) in [6, 6.07) is 18.5. The van der Waals surface area contributed by atoms with Crippen LogP contribution >= 0.6 is 22.7 Å². The summed E-state index contributed by atoms with van der Waals surface area (Å²) in [5, 5.41) is 9.64. The molecule has 0 spiro atoms. The molecule has 18 heteroatoms. The third-order valence-corrected chi connectivity index (χ3v) is 13.4. The molecule has 6 rings (SSSR count). The summed E-state index contributed by atoms with van der Waals surface area (Å²) in [5.41, 5.74) is -0.572. The van der Waals surface area contributed by atoms with Gasteiger partial charge in [0, 0.05) is 26.2 Å². The van der Waals surface area contributed by atoms with E-state index in [-0.39, 0.29) is 26.5 Å². The van der Waals surface area contributed by atoms with Crippen LogP contribution in [0.5, 0.6) is 0 Å². The van der Waals surface area contributed by atoms with Crippen LogP contribution in [0.4, 0.5) is 10.0 Å². The van der Waals surface area contributed by atoms with E-state index in [4.69, 9.17) is 13.9 Å². The molecule has 0 aliphatic heterocycles. The van der Waals surface area contributed by atoms with Crippen LogP contribution in [-0.2, 0) is 24.8 Å². The SMILES string of the molecule is COC(=O)c1cc2sc(N(C)S(=O)(=O)c3cccc(C)c3)cc2oc1=O.Cc1cccc(S(=O)(=O)N(C)c2cc3oc(=O)c(C(=O)O)cc3s2)c1. The number of esters is 1. The second-order valence-electron chi connectivity index (χ2n) is 10.9. The first-order chi connectivity index (χ1) is 23.9. The van der Waals surface area contributed by atoms with Gasteiger partial charge in [-0.2, -0.15) is 0 Å². The molecule has 0 bridgehead atoms. The molecule has 0 atom stereocenters. The number of carboxylic acid groups (broad SMARTS) is 1. The number of ether oxygens (including phenoxy) is 1. The van der Waals surface area contributed by atoms with E-state index in [9.17, 15) is 36.0 Å². The summed E-state index contributed by atoms with van der Waals surface area (Å²) in [4.78, 5) is 46.4. The van der Waals surface area contributed by atoms with Crippen molar-refractivity contribution < 1.29 is 45.1 Å². The Bertz CT molecular complexity index is 2670. The fourth-order valence-electron chi connectivity index (χ4n) is 4.62. The first-order valence-electron chi connectivity index (χ1n) is 14.5. The van der Waals surface area contributed by atoms with Gasteiger partial charge in [0.2, 0.25) is 0 Å². The molecule has 0 saturated heterocycles. The Morgan fingerprint density at radius 3 is 1.49 bits per heavy atom. The maximum atomic E-state index is 12.8. The highest BCUT2D eigenvalue weighted by Crippen LogP contribution is 2.36. The Morgan fingerprint density at radius 1 is 0.686 bits per heavy atom. The monoisotopic (exact) mass is 772 g/mol. The fraction of sp³-hybridized carbons (Fsp3) is 0.152. The summed E-state index contributed by atoms with van der Waals surface area (Å²) in [6.07, 6.45) is 0. The molecular weight excluding hydrogens is 745 g/mol. The van der Waals surface area contributed by atoms with E-state index in [0.29, 0.717) is 19.4 Å². The molecule has 14 nitrogen and oxygen atoms in total. The maximum Gasteiger partial charge on any atom is 0.351 e. The van der Waals surface area contributed by atoms with E-state index in [0.717, 1.165) is 49.5 Å². The molecule has 51 heavy (non-hydrogen) atoms. The number of nitrogens with zero attached hydrogens (tertiary/aromatic N) is 2. The fourth-order valence-corrected chi connectivity index (χ4v) is 9.61. The van der Waals surface area contributed by atoms with Gasteiger partial charge in [0.15, 0.2) is 11.2 Å². The Hall–Kier alpha value is -5.30. The van der Waals surface area contributed by atoms with Crippen molar-refractivity contribution in [2.24, 2.45) is 0 Å². The quantitative estimate of drug-likeness (QED) is 0.192. The van der Waals surface area contributed by atoms with Gasteiger partial charge in [-0.1, -0.05) is 24.3 Å². The van der Waals surface area contributed by atoms with Gasteiger partial charge in [-0.05, 0) is 61.4 Å². The average Bonchev–Trinajstić information content (AvgIpc) is 3.70. The maximum absolute atomic E-state index is 12.8. The van der Waals surface area contributed by atoms with Gasteiger partial charge < -0.3 is 18.7 Å². The van der Waals surface area contributed by atoms with Crippen LogP contribution in [0.2, 0.25) is 0 Å². The lowest BCUT2D eigenvalue weighted by Gasteiger charge is -2.17. The van der Waals surface area contributed by atoms with Crippen molar-refractivity contribution in [3.63, 3.8) is 0 Å². The van der Waals surface area contributed by atoms with Gasteiger partial charge in [0.05, 0.1) is 26.3 Å². The third-order valence-electron chi connectivity index (χ3n) is 7.37. The molecule has 4 aromatic heterocycles. The van der Waals surface area contributed by atoms with Crippen LogP contribution < -0.4 is 19.9 Å². The van der Waals surface area contributed by atoms with Gasteiger partial charge >= 0.3 is 23.2 Å². The predicted octanol–water partition coefficient (Wildman–Crippen LogP) is 5.46. The molecule has 0 amide bonds. The highest BCUT2D eigenvalue weighted by atomic mass is 32.2.